The molecule has 3 fully saturated rings. The molecule has 3 aliphatic rings. The van der Waals surface area contributed by atoms with E-state index in [1.807, 2.05) is 158 Å². The normalized spacial score (nSPS) is 16.0. The number of amides is 1. The molecule has 88 heavy (non-hydrogen) atoms. The Morgan fingerprint density at radius 3 is 1.55 bits per heavy atom. The first-order chi connectivity index (χ1) is 43.2. The molecular weight excluding hydrogens is 1100 g/mol. The average Bonchev–Trinajstić information content (AvgIpc) is 2.52. The second-order valence-corrected chi connectivity index (χ2v) is 22.1. The van der Waals surface area contributed by atoms with Crippen LogP contribution in [0.5, 0.6) is 0 Å². The number of para-hydroxylation sites is 3. The Hall–Kier alpha value is -10.5. The van der Waals surface area contributed by atoms with E-state index in [0.717, 1.165) is 96.8 Å². The molecular formula is C66H73N21O. The highest BCUT2D eigenvalue weighted by Gasteiger charge is 2.37. The molecule has 4 aromatic carbocycles. The van der Waals surface area contributed by atoms with Gasteiger partial charge in [-0.05, 0) is 118 Å². The SMILES string of the molecule is CCC(C)C(Nc1cc(-n2cnc(Nc3ccccc3)n2)ccn1)C(N)=O.N#CC1(c2ccccc2)CCN(c2cc(-n3cnc(Nc4ccccc4)n3)ccn2)CC1.c1ccc(Nc2ncn(-c3ccnc(N4CCC[C@H]4CN4CCCC4)c3)n2)cc1. The molecule has 10 aromatic rings. The molecule has 0 radical (unpaired) electrons. The lowest BCUT2D eigenvalue weighted by Gasteiger charge is -2.38. The average molecular weight is 1180 g/mol. The van der Waals surface area contributed by atoms with Crippen LogP contribution in [0.4, 0.5) is 52.4 Å². The first-order valence-corrected chi connectivity index (χ1v) is 30.0. The Bertz CT molecular complexity index is 3840. The van der Waals surface area contributed by atoms with Crippen LogP contribution in [0, 0.1) is 17.2 Å². The first-order valence-electron chi connectivity index (χ1n) is 30.0. The molecule has 0 saturated carbocycles. The minimum atomic E-state index is -0.483. The molecule has 3 aliphatic heterocycles. The number of piperidine rings is 1. The third kappa shape index (κ3) is 15.1. The monoisotopic (exact) mass is 1180 g/mol. The van der Waals surface area contributed by atoms with Crippen molar-refractivity contribution in [2.75, 3.05) is 70.3 Å². The zero-order valence-electron chi connectivity index (χ0n) is 49.5. The lowest BCUT2D eigenvalue weighted by molar-refractivity contribution is -0.119. The van der Waals surface area contributed by atoms with Gasteiger partial charge in [-0.2, -0.15) is 20.2 Å². The third-order valence-corrected chi connectivity index (χ3v) is 16.2. The maximum Gasteiger partial charge on any atom is 0.246 e. The fraction of sp³-hybridized carbons (Fsp3) is 0.288. The van der Waals surface area contributed by atoms with Gasteiger partial charge in [0, 0.05) is 86.1 Å². The Balaban J connectivity index is 0.000000137. The van der Waals surface area contributed by atoms with Crippen LogP contribution in [-0.2, 0) is 10.2 Å². The van der Waals surface area contributed by atoms with Crippen LogP contribution in [0.3, 0.4) is 0 Å². The Morgan fingerprint density at radius 1 is 0.591 bits per heavy atom. The fourth-order valence-electron chi connectivity index (χ4n) is 11.2. The van der Waals surface area contributed by atoms with Crippen LogP contribution in [0.2, 0.25) is 0 Å². The predicted octanol–water partition coefficient (Wildman–Crippen LogP) is 10.7. The number of nitrogens with two attached hydrogens (primary N) is 1. The molecule has 6 aromatic heterocycles. The molecule has 9 heterocycles. The minimum absolute atomic E-state index is 0.0981. The molecule has 6 N–H and O–H groups in total. The van der Waals surface area contributed by atoms with Crippen LogP contribution >= 0.6 is 0 Å². The van der Waals surface area contributed by atoms with E-state index < -0.39 is 17.4 Å². The predicted molar refractivity (Wildman–Crippen MR) is 344 cm³/mol. The van der Waals surface area contributed by atoms with E-state index in [1.54, 1.807) is 46.8 Å². The molecule has 0 bridgehead atoms. The number of carbonyl (C=O) groups is 1. The summed E-state index contributed by atoms with van der Waals surface area (Å²) in [5.74, 6) is 3.80. The van der Waals surface area contributed by atoms with Gasteiger partial charge in [0.2, 0.25) is 23.8 Å². The van der Waals surface area contributed by atoms with Crippen molar-refractivity contribution in [3.63, 3.8) is 0 Å². The first kappa shape index (κ1) is 59.2. The number of carbonyl (C=O) groups excluding carboxylic acids is 1. The summed E-state index contributed by atoms with van der Waals surface area (Å²) >= 11 is 0. The van der Waals surface area contributed by atoms with Crippen molar-refractivity contribution in [2.45, 2.75) is 76.3 Å². The van der Waals surface area contributed by atoms with Crippen molar-refractivity contribution < 1.29 is 4.79 Å². The lowest BCUT2D eigenvalue weighted by atomic mass is 9.74. The standard InChI is InChI=1S/C25H23N7.C22H27N7.C19H23N7O/c26-18-25(20-7-3-1-4-8-20)12-15-31(16-13-25)23-17-22(11-14-27-23)32-19-28-24(30-32)29-21-9-5-2-6-10-21;1-2-7-18(8-3-1)25-22-24-17-29(26-22)19-10-11-23-21(15-19)28-14-6-9-20(28)16-27-12-4-5-13-27;1-3-13(2)17(18(20)27)24-16-11-15(9-10-21-16)26-12-22-19(25-26)23-14-7-5-4-6-8-14/h1-11,14,17,19H,12-13,15-16H2,(H,29,30);1-3,7-8,10-11,15,17,20H,4-6,9,12-14,16H2,(H,25,26);4-13,17H,3H2,1-2H3,(H2,20,27)(H,21,24)(H,23,25)/t;20-;/m.0./s1. The van der Waals surface area contributed by atoms with Crippen LogP contribution in [0.25, 0.3) is 17.1 Å². The number of nitrogens with one attached hydrogen (secondary N) is 4. The Labute approximate surface area is 512 Å². The molecule has 22 nitrogen and oxygen atoms in total. The van der Waals surface area contributed by atoms with Crippen molar-refractivity contribution in [3.05, 3.63) is 201 Å². The summed E-state index contributed by atoms with van der Waals surface area (Å²) in [5, 5.41) is 36.2. The molecule has 1 amide bonds. The molecule has 22 heteroatoms. The van der Waals surface area contributed by atoms with Gasteiger partial charge in [0.25, 0.3) is 0 Å². The van der Waals surface area contributed by atoms with Crippen LogP contribution in [0.1, 0.15) is 64.4 Å². The summed E-state index contributed by atoms with van der Waals surface area (Å²) in [6, 6.07) is 53.9. The summed E-state index contributed by atoms with van der Waals surface area (Å²) in [5.41, 5.74) is 11.7. The maximum absolute atomic E-state index is 11.7. The van der Waals surface area contributed by atoms with Gasteiger partial charge in [-0.1, -0.05) is 105 Å². The maximum atomic E-state index is 11.7. The van der Waals surface area contributed by atoms with E-state index in [4.69, 9.17) is 5.73 Å². The van der Waals surface area contributed by atoms with E-state index in [2.05, 4.69) is 105 Å². The number of likely N-dealkylation sites (tertiary alicyclic amines) is 1. The van der Waals surface area contributed by atoms with Gasteiger partial charge in [-0.25, -0.2) is 29.0 Å². The van der Waals surface area contributed by atoms with Gasteiger partial charge in [-0.3, -0.25) is 4.79 Å². The number of pyridine rings is 3. The number of rotatable bonds is 19. The van der Waals surface area contributed by atoms with Crippen LogP contribution in [0.15, 0.2) is 195 Å². The summed E-state index contributed by atoms with van der Waals surface area (Å²) in [7, 11) is 0. The van der Waals surface area contributed by atoms with Crippen molar-refractivity contribution in [1.82, 2.24) is 64.1 Å². The van der Waals surface area contributed by atoms with Gasteiger partial charge in [-0.15, -0.1) is 15.3 Å². The Kier molecular flexibility index (Phi) is 19.2. The highest BCUT2D eigenvalue weighted by molar-refractivity contribution is 5.83. The molecule has 448 valence electrons. The number of nitriles is 1. The number of nitrogens with zero attached hydrogens (tertiary/aromatic N) is 16. The summed E-state index contributed by atoms with van der Waals surface area (Å²) in [6.45, 7) is 10.3. The smallest absolute Gasteiger partial charge is 0.246 e. The van der Waals surface area contributed by atoms with Crippen molar-refractivity contribution >= 4 is 58.3 Å². The fourth-order valence-corrected chi connectivity index (χ4v) is 11.2. The van der Waals surface area contributed by atoms with Gasteiger partial charge < -0.3 is 41.7 Å². The third-order valence-electron chi connectivity index (χ3n) is 16.2. The summed E-state index contributed by atoms with van der Waals surface area (Å²) in [6.07, 6.45) is 17.9. The molecule has 0 spiro atoms. The van der Waals surface area contributed by atoms with Gasteiger partial charge in [0.05, 0.1) is 28.5 Å². The van der Waals surface area contributed by atoms with E-state index in [1.165, 1.54) is 38.8 Å². The van der Waals surface area contributed by atoms with Crippen LogP contribution < -0.4 is 36.8 Å². The van der Waals surface area contributed by atoms with Gasteiger partial charge >= 0.3 is 0 Å². The highest BCUT2D eigenvalue weighted by atomic mass is 16.1. The molecule has 3 atom stereocenters. The van der Waals surface area contributed by atoms with Crippen molar-refractivity contribution in [2.24, 2.45) is 11.7 Å². The Morgan fingerprint density at radius 2 is 1.06 bits per heavy atom. The second-order valence-electron chi connectivity index (χ2n) is 22.1. The number of anilines is 9. The topological polar surface area (TPSA) is 256 Å². The second kappa shape index (κ2) is 28.6. The summed E-state index contributed by atoms with van der Waals surface area (Å²) < 4.78 is 5.19. The molecule has 2 unspecified atom stereocenters. The largest absolute Gasteiger partial charge is 0.368 e. The van der Waals surface area contributed by atoms with Crippen molar-refractivity contribution in [3.8, 4) is 23.1 Å². The van der Waals surface area contributed by atoms with Crippen LogP contribution in [-0.4, -0.2) is 121 Å². The highest BCUT2D eigenvalue weighted by Crippen LogP contribution is 2.36. The lowest BCUT2D eigenvalue weighted by Crippen LogP contribution is -2.42. The zero-order valence-corrected chi connectivity index (χ0v) is 49.5. The summed E-state index contributed by atoms with van der Waals surface area (Å²) in [4.78, 5) is 45.6. The molecule has 13 rings (SSSR count). The van der Waals surface area contributed by atoms with E-state index in [0.29, 0.717) is 29.7 Å². The minimum Gasteiger partial charge on any atom is -0.368 e. The van der Waals surface area contributed by atoms with E-state index in [-0.39, 0.29) is 5.92 Å². The quantitative estimate of drug-likeness (QED) is 0.0504. The number of aromatic nitrogens is 12. The van der Waals surface area contributed by atoms with Crippen molar-refractivity contribution in [1.29, 1.82) is 5.26 Å². The zero-order chi connectivity index (χ0) is 60.5. The van der Waals surface area contributed by atoms with Gasteiger partial charge in [0.15, 0.2) is 0 Å². The number of benzene rings is 4. The molecule has 3 saturated heterocycles. The number of hydrogen-bond donors (Lipinski definition) is 5. The number of primary amides is 1. The molecule has 0 aliphatic carbocycles. The van der Waals surface area contributed by atoms with Gasteiger partial charge in [0.1, 0.15) is 42.5 Å². The van der Waals surface area contributed by atoms with E-state index in [9.17, 15) is 10.1 Å². The van der Waals surface area contributed by atoms with E-state index >= 15 is 0 Å². The number of hydrogen-bond acceptors (Lipinski definition) is 18.